The van der Waals surface area contributed by atoms with Crippen LogP contribution in [0, 0.1) is 5.92 Å². The first-order chi connectivity index (χ1) is 8.63. The van der Waals surface area contributed by atoms with Crippen LogP contribution >= 0.6 is 0 Å². The first-order valence-corrected chi connectivity index (χ1v) is 6.22. The Bertz CT molecular complexity index is 443. The van der Waals surface area contributed by atoms with E-state index >= 15 is 0 Å². The number of carbonyl (C=O) groups is 1. The topological polar surface area (TPSA) is 47.6 Å². The van der Waals surface area contributed by atoms with Crippen LogP contribution in [0.3, 0.4) is 0 Å². The maximum absolute atomic E-state index is 11.5. The molecule has 0 aliphatic carbocycles. The number of ether oxygens (including phenoxy) is 2. The first-order valence-electron chi connectivity index (χ1n) is 6.22. The van der Waals surface area contributed by atoms with Crippen molar-refractivity contribution in [1.29, 1.82) is 0 Å². The average Bonchev–Trinajstić information content (AvgIpc) is 2.59. The van der Waals surface area contributed by atoms with Crippen molar-refractivity contribution in [2.24, 2.45) is 5.92 Å². The van der Waals surface area contributed by atoms with E-state index in [2.05, 4.69) is 19.2 Å². The molecular formula is C14H19NO3. The summed E-state index contributed by atoms with van der Waals surface area (Å²) in [7, 11) is 1.38. The maximum atomic E-state index is 11.5. The number of methoxy groups -OCH3 is 1. The first kappa shape index (κ1) is 12.9. The lowest BCUT2D eigenvalue weighted by molar-refractivity contribution is 0.0600. The van der Waals surface area contributed by atoms with Gasteiger partial charge in [-0.25, -0.2) is 4.79 Å². The molecule has 1 aliphatic heterocycles. The Morgan fingerprint density at radius 3 is 2.94 bits per heavy atom. The molecule has 0 bridgehead atoms. The van der Waals surface area contributed by atoms with Crippen LogP contribution in [0.25, 0.3) is 0 Å². The van der Waals surface area contributed by atoms with Crippen LogP contribution in [0.15, 0.2) is 18.2 Å². The predicted molar refractivity (Wildman–Crippen MR) is 68.9 cm³/mol. The number of benzene rings is 1. The Labute approximate surface area is 107 Å². The van der Waals surface area contributed by atoms with E-state index in [-0.39, 0.29) is 12.0 Å². The summed E-state index contributed by atoms with van der Waals surface area (Å²) in [6.45, 7) is 5.76. The van der Waals surface area contributed by atoms with Gasteiger partial charge in [0.05, 0.1) is 12.7 Å². The lowest BCUT2D eigenvalue weighted by Crippen LogP contribution is -2.26. The van der Waals surface area contributed by atoms with E-state index in [1.165, 1.54) is 7.11 Å². The molecule has 0 unspecified atom stereocenters. The number of fused-ring (bicyclic) bond motifs is 1. The van der Waals surface area contributed by atoms with Gasteiger partial charge in [0.25, 0.3) is 0 Å². The molecule has 0 saturated carbocycles. The van der Waals surface area contributed by atoms with Crippen LogP contribution in [0.2, 0.25) is 0 Å². The van der Waals surface area contributed by atoms with Gasteiger partial charge < -0.3 is 14.8 Å². The van der Waals surface area contributed by atoms with Gasteiger partial charge in [-0.3, -0.25) is 0 Å². The largest absolute Gasteiger partial charge is 0.492 e. The van der Waals surface area contributed by atoms with Gasteiger partial charge in [-0.2, -0.15) is 0 Å². The van der Waals surface area contributed by atoms with Crippen molar-refractivity contribution < 1.29 is 14.3 Å². The van der Waals surface area contributed by atoms with E-state index in [4.69, 9.17) is 9.47 Å². The molecule has 1 N–H and O–H groups in total. The van der Waals surface area contributed by atoms with Crippen LogP contribution in [-0.2, 0) is 4.74 Å². The van der Waals surface area contributed by atoms with Crippen LogP contribution < -0.4 is 10.1 Å². The lowest BCUT2D eigenvalue weighted by atomic mass is 9.94. The summed E-state index contributed by atoms with van der Waals surface area (Å²) in [6, 6.07) is 5.76. The normalized spacial score (nSPS) is 18.8. The highest BCUT2D eigenvalue weighted by Gasteiger charge is 2.23. The molecule has 0 saturated heterocycles. The molecule has 0 fully saturated rings. The zero-order chi connectivity index (χ0) is 13.1. The van der Waals surface area contributed by atoms with Crippen molar-refractivity contribution in [2.75, 3.05) is 20.3 Å². The third-order valence-corrected chi connectivity index (χ3v) is 3.16. The molecule has 1 aliphatic rings. The van der Waals surface area contributed by atoms with Crippen LogP contribution in [-0.4, -0.2) is 26.2 Å². The van der Waals surface area contributed by atoms with Gasteiger partial charge in [0, 0.05) is 18.2 Å². The van der Waals surface area contributed by atoms with Gasteiger partial charge in [0.1, 0.15) is 12.4 Å². The van der Waals surface area contributed by atoms with Crippen molar-refractivity contribution in [2.45, 2.75) is 19.9 Å². The number of rotatable bonds is 2. The number of nitrogens with one attached hydrogen (secondary N) is 1. The van der Waals surface area contributed by atoms with Gasteiger partial charge in [-0.15, -0.1) is 0 Å². The molecule has 18 heavy (non-hydrogen) atoms. The highest BCUT2D eigenvalue weighted by Crippen LogP contribution is 2.32. The second kappa shape index (κ2) is 5.40. The lowest BCUT2D eigenvalue weighted by Gasteiger charge is -2.21. The molecule has 2 rings (SSSR count). The van der Waals surface area contributed by atoms with Gasteiger partial charge >= 0.3 is 5.97 Å². The molecule has 98 valence electrons. The number of hydrogen-bond donors (Lipinski definition) is 1. The minimum atomic E-state index is -0.334. The third-order valence-electron chi connectivity index (χ3n) is 3.16. The standard InChI is InChI=1S/C14H19NO3/c1-9(2)13-11-5-4-10(14(16)17-3)8-12(11)18-7-6-15-13/h4-5,8-9,13,15H,6-7H2,1-3H3/t13-/m0/s1. The van der Waals surface area contributed by atoms with Gasteiger partial charge in [-0.05, 0) is 18.1 Å². The molecular weight excluding hydrogens is 230 g/mol. The summed E-state index contributed by atoms with van der Waals surface area (Å²) < 4.78 is 10.4. The van der Waals surface area contributed by atoms with Gasteiger partial charge in [0.15, 0.2) is 0 Å². The predicted octanol–water partition coefficient (Wildman–Crippen LogP) is 2.15. The number of esters is 1. The number of hydrogen-bond acceptors (Lipinski definition) is 4. The molecule has 1 aromatic rings. The summed E-state index contributed by atoms with van der Waals surface area (Å²) in [5.74, 6) is 0.913. The van der Waals surface area contributed by atoms with Crippen molar-refractivity contribution >= 4 is 5.97 Å². The third kappa shape index (κ3) is 2.48. The van der Waals surface area contributed by atoms with E-state index in [1.807, 2.05) is 6.07 Å². The minimum absolute atomic E-state index is 0.259. The molecule has 1 atom stereocenters. The summed E-state index contributed by atoms with van der Waals surface area (Å²) in [4.78, 5) is 11.5. The SMILES string of the molecule is COC(=O)c1ccc2c(c1)OCCN[C@H]2C(C)C. The van der Waals surface area contributed by atoms with Crippen molar-refractivity contribution in [3.63, 3.8) is 0 Å². The smallest absolute Gasteiger partial charge is 0.337 e. The van der Waals surface area contributed by atoms with Crippen LogP contribution in [0.5, 0.6) is 5.75 Å². The second-order valence-corrected chi connectivity index (χ2v) is 4.77. The molecule has 1 heterocycles. The minimum Gasteiger partial charge on any atom is -0.492 e. The summed E-state index contributed by atoms with van der Waals surface area (Å²) in [6.07, 6.45) is 0. The maximum Gasteiger partial charge on any atom is 0.337 e. The molecule has 0 aromatic heterocycles. The Morgan fingerprint density at radius 1 is 1.50 bits per heavy atom. The Kier molecular flexibility index (Phi) is 3.87. The van der Waals surface area contributed by atoms with E-state index in [0.29, 0.717) is 18.1 Å². The quantitative estimate of drug-likeness (QED) is 0.816. The van der Waals surface area contributed by atoms with Crippen molar-refractivity contribution in [1.82, 2.24) is 5.32 Å². The molecule has 0 amide bonds. The van der Waals surface area contributed by atoms with E-state index in [1.54, 1.807) is 12.1 Å². The Morgan fingerprint density at radius 2 is 2.28 bits per heavy atom. The molecule has 4 heteroatoms. The van der Waals surface area contributed by atoms with Crippen molar-refractivity contribution in [3.8, 4) is 5.75 Å². The highest BCUT2D eigenvalue weighted by atomic mass is 16.5. The average molecular weight is 249 g/mol. The Balaban J connectivity index is 2.39. The molecule has 0 radical (unpaired) electrons. The molecule has 0 spiro atoms. The highest BCUT2D eigenvalue weighted by molar-refractivity contribution is 5.90. The fraction of sp³-hybridized carbons (Fsp3) is 0.500. The van der Waals surface area contributed by atoms with Crippen LogP contribution in [0.1, 0.15) is 35.8 Å². The zero-order valence-corrected chi connectivity index (χ0v) is 11.0. The van der Waals surface area contributed by atoms with Crippen molar-refractivity contribution in [3.05, 3.63) is 29.3 Å². The summed E-state index contributed by atoms with van der Waals surface area (Å²) >= 11 is 0. The second-order valence-electron chi connectivity index (χ2n) is 4.77. The fourth-order valence-electron chi connectivity index (χ4n) is 2.24. The summed E-state index contributed by atoms with van der Waals surface area (Å²) in [5, 5.41) is 3.46. The van der Waals surface area contributed by atoms with Gasteiger partial charge in [-0.1, -0.05) is 19.9 Å². The van der Waals surface area contributed by atoms with E-state index < -0.39 is 0 Å². The Hall–Kier alpha value is -1.55. The number of carbonyl (C=O) groups excluding carboxylic acids is 1. The van der Waals surface area contributed by atoms with E-state index in [9.17, 15) is 4.79 Å². The molecule has 4 nitrogen and oxygen atoms in total. The zero-order valence-electron chi connectivity index (χ0n) is 11.0. The monoisotopic (exact) mass is 249 g/mol. The summed E-state index contributed by atoms with van der Waals surface area (Å²) in [5.41, 5.74) is 1.64. The fourth-order valence-corrected chi connectivity index (χ4v) is 2.24. The molecule has 1 aromatic carbocycles. The van der Waals surface area contributed by atoms with E-state index in [0.717, 1.165) is 17.9 Å². The van der Waals surface area contributed by atoms with Gasteiger partial charge in [0.2, 0.25) is 0 Å². The van der Waals surface area contributed by atoms with Crippen LogP contribution in [0.4, 0.5) is 0 Å².